The Balaban J connectivity index is 1.72. The van der Waals surface area contributed by atoms with Crippen LogP contribution in [0.25, 0.3) is 0 Å². The van der Waals surface area contributed by atoms with Crippen molar-refractivity contribution in [2.24, 2.45) is 0 Å². The Morgan fingerprint density at radius 3 is 2.08 bits per heavy atom. The average Bonchev–Trinajstić information content (AvgIpc) is 2.54. The minimum absolute atomic E-state index is 0.364. The number of halogens is 2. The molecule has 2 aromatic rings. The number of hydrogen-bond donors (Lipinski definition) is 0. The van der Waals surface area contributed by atoms with Crippen molar-refractivity contribution in [3.63, 3.8) is 0 Å². The van der Waals surface area contributed by atoms with E-state index in [0.717, 1.165) is 23.5 Å². The van der Waals surface area contributed by atoms with E-state index in [0.29, 0.717) is 32.1 Å². The molecule has 0 bridgehead atoms. The summed E-state index contributed by atoms with van der Waals surface area (Å²) in [5.74, 6) is -1.66. The van der Waals surface area contributed by atoms with Crippen LogP contribution in [0, 0.1) is 25.5 Å². The van der Waals surface area contributed by atoms with E-state index in [9.17, 15) is 13.6 Å². The normalized spacial score (nSPS) is 14.8. The first-order chi connectivity index (χ1) is 11.5. The molecule has 1 fully saturated rings. The van der Waals surface area contributed by atoms with E-state index in [1.165, 1.54) is 11.0 Å². The zero-order valence-electron chi connectivity index (χ0n) is 13.6. The number of aromatic nitrogens is 2. The van der Waals surface area contributed by atoms with Crippen LogP contribution >= 0.6 is 0 Å². The molecule has 0 spiro atoms. The molecule has 1 aromatic carbocycles. The van der Waals surface area contributed by atoms with Gasteiger partial charge in [-0.2, -0.15) is 0 Å². The highest BCUT2D eigenvalue weighted by molar-refractivity contribution is 5.95. The summed E-state index contributed by atoms with van der Waals surface area (Å²) < 4.78 is 27.5. The van der Waals surface area contributed by atoms with Gasteiger partial charge < -0.3 is 9.80 Å². The summed E-state index contributed by atoms with van der Waals surface area (Å²) in [5, 5.41) is 0. The number of nitrogens with zero attached hydrogens (tertiary/aromatic N) is 4. The molecule has 1 aliphatic rings. The van der Waals surface area contributed by atoms with Crippen molar-refractivity contribution in [3.8, 4) is 0 Å². The van der Waals surface area contributed by atoms with Crippen molar-refractivity contribution in [1.82, 2.24) is 14.9 Å². The van der Waals surface area contributed by atoms with Gasteiger partial charge in [-0.25, -0.2) is 18.7 Å². The maximum absolute atomic E-state index is 13.8. The molecule has 126 valence electrons. The Bertz CT molecular complexity index is 733. The number of rotatable bonds is 2. The van der Waals surface area contributed by atoms with E-state index in [4.69, 9.17) is 0 Å². The van der Waals surface area contributed by atoms with E-state index >= 15 is 0 Å². The van der Waals surface area contributed by atoms with Gasteiger partial charge in [0, 0.05) is 37.6 Å². The third kappa shape index (κ3) is 3.20. The van der Waals surface area contributed by atoms with Crippen LogP contribution in [0.15, 0.2) is 24.3 Å². The van der Waals surface area contributed by atoms with Gasteiger partial charge in [-0.1, -0.05) is 6.07 Å². The summed E-state index contributed by atoms with van der Waals surface area (Å²) in [6, 6.07) is 5.33. The van der Waals surface area contributed by atoms with Crippen LogP contribution in [0.5, 0.6) is 0 Å². The number of hydrogen-bond acceptors (Lipinski definition) is 4. The zero-order chi connectivity index (χ0) is 17.3. The fraction of sp³-hybridized carbons (Fsp3) is 0.353. The summed E-state index contributed by atoms with van der Waals surface area (Å²) >= 11 is 0. The van der Waals surface area contributed by atoms with Crippen LogP contribution in [0.4, 0.5) is 14.7 Å². The summed E-state index contributed by atoms with van der Waals surface area (Å²) in [6.45, 7) is 5.57. The minimum atomic E-state index is -0.833. The number of aryl methyl sites for hydroxylation is 2. The largest absolute Gasteiger partial charge is 0.337 e. The third-order valence-corrected chi connectivity index (χ3v) is 4.00. The van der Waals surface area contributed by atoms with E-state index in [-0.39, 0.29) is 0 Å². The lowest BCUT2D eigenvalue weighted by Gasteiger charge is -2.35. The first-order valence-corrected chi connectivity index (χ1v) is 7.76. The summed E-state index contributed by atoms with van der Waals surface area (Å²) in [4.78, 5) is 24.6. The zero-order valence-corrected chi connectivity index (χ0v) is 13.6. The fourth-order valence-corrected chi connectivity index (χ4v) is 2.82. The number of carbonyl (C=O) groups is 1. The molecule has 0 aliphatic carbocycles. The molecular weight excluding hydrogens is 314 g/mol. The molecule has 0 unspecified atom stereocenters. The van der Waals surface area contributed by atoms with E-state index in [1.54, 1.807) is 0 Å². The Morgan fingerprint density at radius 1 is 1.00 bits per heavy atom. The smallest absolute Gasteiger partial charge is 0.259 e. The summed E-state index contributed by atoms with van der Waals surface area (Å²) in [7, 11) is 0. The van der Waals surface area contributed by atoms with Gasteiger partial charge in [0.05, 0.1) is 0 Å². The first kappa shape index (κ1) is 16.3. The average molecular weight is 332 g/mol. The van der Waals surface area contributed by atoms with Gasteiger partial charge in [-0.3, -0.25) is 4.79 Å². The molecular formula is C17H18F2N4O. The van der Waals surface area contributed by atoms with Crippen molar-refractivity contribution in [3.05, 3.63) is 52.9 Å². The Labute approximate surface area is 138 Å². The first-order valence-electron chi connectivity index (χ1n) is 7.76. The summed E-state index contributed by atoms with van der Waals surface area (Å²) in [6.07, 6.45) is 0. The van der Waals surface area contributed by atoms with Crippen LogP contribution in [-0.4, -0.2) is 47.0 Å². The van der Waals surface area contributed by atoms with Crippen molar-refractivity contribution in [2.75, 3.05) is 31.1 Å². The third-order valence-electron chi connectivity index (χ3n) is 4.00. The highest BCUT2D eigenvalue weighted by Crippen LogP contribution is 2.18. The number of piperazine rings is 1. The molecule has 1 aliphatic heterocycles. The molecule has 2 heterocycles. The molecule has 0 radical (unpaired) electrons. The lowest BCUT2D eigenvalue weighted by molar-refractivity contribution is 0.0736. The highest BCUT2D eigenvalue weighted by atomic mass is 19.1. The molecule has 5 nitrogen and oxygen atoms in total. The van der Waals surface area contributed by atoms with Gasteiger partial charge in [0.1, 0.15) is 17.2 Å². The maximum Gasteiger partial charge on any atom is 0.259 e. The lowest BCUT2D eigenvalue weighted by atomic mass is 10.1. The molecule has 1 aromatic heterocycles. The van der Waals surface area contributed by atoms with Gasteiger partial charge in [0.2, 0.25) is 5.95 Å². The predicted octanol–water partition coefficient (Wildman–Crippen LogP) is 2.33. The predicted molar refractivity (Wildman–Crippen MR) is 86.0 cm³/mol. The molecule has 1 amide bonds. The monoisotopic (exact) mass is 332 g/mol. The molecule has 0 saturated carbocycles. The molecule has 0 N–H and O–H groups in total. The molecule has 0 atom stereocenters. The van der Waals surface area contributed by atoms with Crippen molar-refractivity contribution < 1.29 is 13.6 Å². The lowest BCUT2D eigenvalue weighted by Crippen LogP contribution is -2.49. The topological polar surface area (TPSA) is 49.3 Å². The van der Waals surface area contributed by atoms with Crippen LogP contribution in [0.2, 0.25) is 0 Å². The highest BCUT2D eigenvalue weighted by Gasteiger charge is 2.27. The van der Waals surface area contributed by atoms with E-state index < -0.39 is 23.1 Å². The molecule has 24 heavy (non-hydrogen) atoms. The summed E-state index contributed by atoms with van der Waals surface area (Å²) in [5.41, 5.74) is 1.27. The molecule has 3 rings (SSSR count). The van der Waals surface area contributed by atoms with Crippen LogP contribution in [0.1, 0.15) is 21.7 Å². The van der Waals surface area contributed by atoms with Crippen LogP contribution in [0.3, 0.4) is 0 Å². The van der Waals surface area contributed by atoms with Gasteiger partial charge in [0.25, 0.3) is 5.91 Å². The van der Waals surface area contributed by atoms with Crippen molar-refractivity contribution >= 4 is 11.9 Å². The van der Waals surface area contributed by atoms with E-state index in [1.807, 2.05) is 24.8 Å². The van der Waals surface area contributed by atoms with Gasteiger partial charge in [-0.15, -0.1) is 0 Å². The van der Waals surface area contributed by atoms with Gasteiger partial charge in [0.15, 0.2) is 0 Å². The maximum atomic E-state index is 13.8. The van der Waals surface area contributed by atoms with Crippen LogP contribution < -0.4 is 4.90 Å². The van der Waals surface area contributed by atoms with Crippen molar-refractivity contribution in [2.45, 2.75) is 13.8 Å². The standard InChI is InChI=1S/C17H18F2N4O/c1-11-10-12(2)21-17(20-11)23-8-6-22(7-9-23)16(24)15-13(18)4-3-5-14(15)19/h3-5,10H,6-9H2,1-2H3. The number of carbonyl (C=O) groups excluding carboxylic acids is 1. The SMILES string of the molecule is Cc1cc(C)nc(N2CCN(C(=O)c3c(F)cccc3F)CC2)n1. The molecule has 1 saturated heterocycles. The van der Waals surface area contributed by atoms with Crippen LogP contribution in [-0.2, 0) is 0 Å². The van der Waals surface area contributed by atoms with Crippen molar-refractivity contribution in [1.29, 1.82) is 0 Å². The van der Waals surface area contributed by atoms with Gasteiger partial charge >= 0.3 is 0 Å². The second kappa shape index (κ2) is 6.51. The fourth-order valence-electron chi connectivity index (χ4n) is 2.82. The minimum Gasteiger partial charge on any atom is -0.337 e. The second-order valence-electron chi connectivity index (χ2n) is 5.83. The number of anilines is 1. The Kier molecular flexibility index (Phi) is 4.42. The quantitative estimate of drug-likeness (QED) is 0.847. The van der Waals surface area contributed by atoms with Gasteiger partial charge in [-0.05, 0) is 32.0 Å². The Morgan fingerprint density at radius 2 is 1.54 bits per heavy atom. The Hall–Kier alpha value is -2.57. The second-order valence-corrected chi connectivity index (χ2v) is 5.83. The number of benzene rings is 1. The van der Waals surface area contributed by atoms with E-state index in [2.05, 4.69) is 9.97 Å². The molecule has 7 heteroatoms. The number of amides is 1.